The third-order valence-electron chi connectivity index (χ3n) is 5.52. The van der Waals surface area contributed by atoms with Crippen LogP contribution in [0.3, 0.4) is 0 Å². The molecule has 0 aliphatic carbocycles. The molecule has 0 bridgehead atoms. The zero-order valence-electron chi connectivity index (χ0n) is 17.5. The van der Waals surface area contributed by atoms with E-state index < -0.39 is 0 Å². The normalized spacial score (nSPS) is 13.6. The minimum atomic E-state index is -0.146. The molecule has 152 valence electrons. The molecular weight excluding hydrogens is 374 g/mol. The number of benzene rings is 1. The van der Waals surface area contributed by atoms with Crippen LogP contribution in [0.25, 0.3) is 11.5 Å². The molecule has 0 unspecified atom stereocenters. The zero-order chi connectivity index (χ0) is 20.9. The SMILES string of the molecule is CC(C)(C)n1nc2c(c1-n1cccc1)CN(C(=O)c1ccc(-n3cccc3)cc1)C2. The Labute approximate surface area is 176 Å². The van der Waals surface area contributed by atoms with Crippen molar-refractivity contribution in [3.63, 3.8) is 0 Å². The average Bonchev–Trinajstić information content (AvgIpc) is 3.50. The van der Waals surface area contributed by atoms with E-state index in [1.807, 2.05) is 82.8 Å². The quantitative estimate of drug-likeness (QED) is 0.513. The summed E-state index contributed by atoms with van der Waals surface area (Å²) < 4.78 is 6.20. The first kappa shape index (κ1) is 18.5. The maximum absolute atomic E-state index is 13.2. The Hall–Kier alpha value is -3.54. The maximum Gasteiger partial charge on any atom is 0.254 e. The molecule has 30 heavy (non-hydrogen) atoms. The van der Waals surface area contributed by atoms with Crippen LogP contribution in [0, 0.1) is 0 Å². The van der Waals surface area contributed by atoms with Crippen LogP contribution in [0.4, 0.5) is 0 Å². The van der Waals surface area contributed by atoms with Crippen LogP contribution in [0.1, 0.15) is 42.4 Å². The van der Waals surface area contributed by atoms with Crippen molar-refractivity contribution in [3.05, 3.63) is 90.1 Å². The van der Waals surface area contributed by atoms with Crippen molar-refractivity contribution < 1.29 is 4.79 Å². The van der Waals surface area contributed by atoms with Crippen LogP contribution in [0.2, 0.25) is 0 Å². The molecule has 1 amide bonds. The van der Waals surface area contributed by atoms with Gasteiger partial charge < -0.3 is 14.0 Å². The van der Waals surface area contributed by atoms with Gasteiger partial charge in [0.2, 0.25) is 0 Å². The van der Waals surface area contributed by atoms with E-state index in [1.54, 1.807) is 0 Å². The fourth-order valence-corrected chi connectivity index (χ4v) is 4.02. The minimum Gasteiger partial charge on any atom is -0.328 e. The number of hydrogen-bond donors (Lipinski definition) is 0. The second-order valence-electron chi connectivity index (χ2n) is 8.72. The molecule has 0 saturated carbocycles. The van der Waals surface area contributed by atoms with Gasteiger partial charge >= 0.3 is 0 Å². The smallest absolute Gasteiger partial charge is 0.254 e. The van der Waals surface area contributed by atoms with Crippen LogP contribution in [0.15, 0.2) is 73.3 Å². The van der Waals surface area contributed by atoms with Gasteiger partial charge in [-0.05, 0) is 69.3 Å². The number of hydrogen-bond acceptors (Lipinski definition) is 2. The lowest BCUT2D eigenvalue weighted by Crippen LogP contribution is -2.29. The number of aromatic nitrogens is 4. The maximum atomic E-state index is 13.2. The first-order chi connectivity index (χ1) is 14.4. The molecule has 1 aliphatic rings. The minimum absolute atomic E-state index is 0.0350. The number of carbonyl (C=O) groups is 1. The molecule has 4 aromatic rings. The molecule has 3 aromatic heterocycles. The first-order valence-electron chi connectivity index (χ1n) is 10.2. The van der Waals surface area contributed by atoms with Crippen LogP contribution in [-0.2, 0) is 18.6 Å². The summed E-state index contributed by atoms with van der Waals surface area (Å²) in [6.45, 7) is 7.55. The summed E-state index contributed by atoms with van der Waals surface area (Å²) in [5, 5.41) is 4.89. The van der Waals surface area contributed by atoms with Crippen molar-refractivity contribution in [2.24, 2.45) is 0 Å². The van der Waals surface area contributed by atoms with Gasteiger partial charge in [-0.1, -0.05) is 0 Å². The Balaban J connectivity index is 1.43. The summed E-state index contributed by atoms with van der Waals surface area (Å²) in [4.78, 5) is 15.0. The van der Waals surface area contributed by atoms with E-state index >= 15 is 0 Å². The Morgan fingerprint density at radius 2 is 1.47 bits per heavy atom. The highest BCUT2D eigenvalue weighted by Crippen LogP contribution is 2.32. The largest absolute Gasteiger partial charge is 0.328 e. The second-order valence-corrected chi connectivity index (χ2v) is 8.72. The first-order valence-corrected chi connectivity index (χ1v) is 10.2. The molecule has 1 aliphatic heterocycles. The van der Waals surface area contributed by atoms with Gasteiger partial charge in [0.15, 0.2) is 0 Å². The van der Waals surface area contributed by atoms with Gasteiger partial charge in [-0.15, -0.1) is 0 Å². The fraction of sp³-hybridized carbons (Fsp3) is 0.250. The summed E-state index contributed by atoms with van der Waals surface area (Å²) in [6, 6.07) is 15.8. The molecule has 6 nitrogen and oxygen atoms in total. The number of amides is 1. The third-order valence-corrected chi connectivity index (χ3v) is 5.52. The molecule has 4 heterocycles. The van der Waals surface area contributed by atoms with Crippen molar-refractivity contribution in [1.82, 2.24) is 23.8 Å². The van der Waals surface area contributed by atoms with Crippen LogP contribution in [-0.4, -0.2) is 29.7 Å². The third kappa shape index (κ3) is 3.05. The summed E-state index contributed by atoms with van der Waals surface area (Å²) in [5.74, 6) is 1.08. The number of fused-ring (bicyclic) bond motifs is 1. The Bertz CT molecular complexity index is 1180. The van der Waals surface area contributed by atoms with Gasteiger partial charge in [0, 0.05) is 41.6 Å². The molecule has 5 rings (SSSR count). The molecule has 0 N–H and O–H groups in total. The molecule has 1 aromatic carbocycles. The van der Waals surface area contributed by atoms with Crippen LogP contribution in [0.5, 0.6) is 0 Å². The highest BCUT2D eigenvalue weighted by atomic mass is 16.2. The average molecular weight is 399 g/mol. The molecule has 0 fully saturated rings. The summed E-state index contributed by atoms with van der Waals surface area (Å²) in [7, 11) is 0. The number of nitrogens with zero attached hydrogens (tertiary/aromatic N) is 5. The molecular formula is C24H25N5O. The van der Waals surface area contributed by atoms with E-state index in [4.69, 9.17) is 5.10 Å². The predicted octanol–water partition coefficient (Wildman–Crippen LogP) is 4.38. The van der Waals surface area contributed by atoms with E-state index in [-0.39, 0.29) is 11.4 Å². The van der Waals surface area contributed by atoms with E-state index in [0.29, 0.717) is 18.7 Å². The zero-order valence-corrected chi connectivity index (χ0v) is 17.5. The highest BCUT2D eigenvalue weighted by Gasteiger charge is 2.33. The molecule has 0 radical (unpaired) electrons. The van der Waals surface area contributed by atoms with Gasteiger partial charge in [-0.3, -0.25) is 4.79 Å². The van der Waals surface area contributed by atoms with E-state index in [1.165, 1.54) is 0 Å². The van der Waals surface area contributed by atoms with Gasteiger partial charge in [0.05, 0.1) is 24.3 Å². The fourth-order valence-electron chi connectivity index (χ4n) is 4.02. The van der Waals surface area contributed by atoms with E-state index in [9.17, 15) is 4.79 Å². The van der Waals surface area contributed by atoms with Crippen LogP contribution < -0.4 is 0 Å². The lowest BCUT2D eigenvalue weighted by Gasteiger charge is -2.24. The number of carbonyl (C=O) groups excluding carboxylic acids is 1. The standard InChI is InChI=1S/C24H25N5O/c1-24(2,3)29-22(27-14-6-7-15-27)20-16-28(17-21(20)25-29)23(30)18-8-10-19(11-9-18)26-12-4-5-13-26/h4-15H,16-17H2,1-3H3. The Morgan fingerprint density at radius 1 is 0.867 bits per heavy atom. The van der Waals surface area contributed by atoms with Gasteiger partial charge in [-0.25, -0.2) is 4.68 Å². The molecule has 0 atom stereocenters. The van der Waals surface area contributed by atoms with Gasteiger partial charge in [-0.2, -0.15) is 5.10 Å². The monoisotopic (exact) mass is 399 g/mol. The second kappa shape index (κ2) is 6.76. The van der Waals surface area contributed by atoms with Gasteiger partial charge in [0.25, 0.3) is 5.91 Å². The van der Waals surface area contributed by atoms with Crippen molar-refractivity contribution >= 4 is 5.91 Å². The van der Waals surface area contributed by atoms with E-state index in [0.717, 1.165) is 22.8 Å². The topological polar surface area (TPSA) is 48.0 Å². The Morgan fingerprint density at radius 3 is 2.07 bits per heavy atom. The van der Waals surface area contributed by atoms with Gasteiger partial charge in [0.1, 0.15) is 5.82 Å². The number of rotatable bonds is 3. The van der Waals surface area contributed by atoms with Crippen molar-refractivity contribution in [3.8, 4) is 11.5 Å². The van der Waals surface area contributed by atoms with Crippen LogP contribution >= 0.6 is 0 Å². The van der Waals surface area contributed by atoms with E-state index in [2.05, 4.69) is 30.0 Å². The summed E-state index contributed by atoms with van der Waals surface area (Å²) >= 11 is 0. The lowest BCUT2D eigenvalue weighted by molar-refractivity contribution is 0.0748. The van der Waals surface area contributed by atoms with Crippen molar-refractivity contribution in [1.29, 1.82) is 0 Å². The van der Waals surface area contributed by atoms with Crippen molar-refractivity contribution in [2.45, 2.75) is 39.4 Å². The van der Waals surface area contributed by atoms with Crippen molar-refractivity contribution in [2.75, 3.05) is 0 Å². The predicted molar refractivity (Wildman–Crippen MR) is 116 cm³/mol. The molecule has 0 saturated heterocycles. The Kier molecular flexibility index (Phi) is 4.17. The highest BCUT2D eigenvalue weighted by molar-refractivity contribution is 5.94. The lowest BCUT2D eigenvalue weighted by atomic mass is 10.1. The molecule has 0 spiro atoms. The summed E-state index contributed by atoms with van der Waals surface area (Å²) in [5.41, 5.74) is 3.69. The molecule has 6 heteroatoms. The summed E-state index contributed by atoms with van der Waals surface area (Å²) in [6.07, 6.45) is 8.05.